The van der Waals surface area contributed by atoms with E-state index in [1.54, 1.807) is 0 Å². The summed E-state index contributed by atoms with van der Waals surface area (Å²) in [6.45, 7) is 1.99. The highest BCUT2D eigenvalue weighted by molar-refractivity contribution is 8.19. The number of thiocarbonyl (C=S) groups is 1. The zero-order valence-corrected chi connectivity index (χ0v) is 11.1. The minimum absolute atomic E-state index is 0.170. The van der Waals surface area contributed by atoms with Gasteiger partial charge in [-0.05, 0) is 24.8 Å². The van der Waals surface area contributed by atoms with Crippen LogP contribution in [-0.2, 0) is 0 Å². The highest BCUT2D eigenvalue weighted by atomic mass is 32.2. The SMILES string of the molecule is Cc1ccc2c(c1)C(=C1SC(=O)NC1=S)NC2=N. The lowest BCUT2D eigenvalue weighted by molar-refractivity contribution is 0.265. The van der Waals surface area contributed by atoms with Gasteiger partial charge in [0.2, 0.25) is 0 Å². The molecule has 0 atom stereocenters. The molecule has 0 radical (unpaired) electrons. The van der Waals surface area contributed by atoms with Crippen molar-refractivity contribution in [1.82, 2.24) is 10.6 Å². The molecule has 0 aliphatic carbocycles. The van der Waals surface area contributed by atoms with Gasteiger partial charge in [-0.2, -0.15) is 0 Å². The molecule has 1 saturated heterocycles. The summed E-state index contributed by atoms with van der Waals surface area (Å²) >= 11 is 6.21. The van der Waals surface area contributed by atoms with Crippen molar-refractivity contribution < 1.29 is 4.79 Å². The highest BCUT2D eigenvalue weighted by Crippen LogP contribution is 2.35. The lowest BCUT2D eigenvalue weighted by atomic mass is 10.0. The van der Waals surface area contributed by atoms with Gasteiger partial charge in [0.1, 0.15) is 10.8 Å². The molecule has 0 bridgehead atoms. The number of amides is 1. The predicted octanol–water partition coefficient (Wildman–Crippen LogP) is 2.38. The first-order chi connectivity index (χ1) is 8.56. The fraction of sp³-hybridized carbons (Fsp3) is 0.0833. The molecule has 4 nitrogen and oxygen atoms in total. The number of benzene rings is 1. The summed E-state index contributed by atoms with van der Waals surface area (Å²) in [7, 11) is 0. The Hall–Kier alpha value is -1.66. The van der Waals surface area contributed by atoms with Crippen LogP contribution < -0.4 is 10.6 Å². The van der Waals surface area contributed by atoms with Crippen LogP contribution in [0.3, 0.4) is 0 Å². The third-order valence-corrected chi connectivity index (χ3v) is 4.14. The van der Waals surface area contributed by atoms with Gasteiger partial charge >= 0.3 is 0 Å². The molecule has 1 amide bonds. The number of carbonyl (C=O) groups is 1. The maximum absolute atomic E-state index is 11.3. The van der Waals surface area contributed by atoms with Crippen molar-refractivity contribution in [2.75, 3.05) is 0 Å². The summed E-state index contributed by atoms with van der Waals surface area (Å²) in [6.07, 6.45) is 0. The zero-order valence-electron chi connectivity index (χ0n) is 9.46. The van der Waals surface area contributed by atoms with Gasteiger partial charge in [-0.3, -0.25) is 10.2 Å². The Labute approximate surface area is 113 Å². The van der Waals surface area contributed by atoms with Crippen LogP contribution in [0.2, 0.25) is 0 Å². The minimum Gasteiger partial charge on any atom is -0.339 e. The first-order valence-electron chi connectivity index (χ1n) is 5.30. The summed E-state index contributed by atoms with van der Waals surface area (Å²) in [5.41, 5.74) is 3.64. The molecule has 2 aliphatic heterocycles. The van der Waals surface area contributed by atoms with E-state index >= 15 is 0 Å². The number of hydrogen-bond donors (Lipinski definition) is 3. The molecule has 90 valence electrons. The number of nitrogens with one attached hydrogen (secondary N) is 3. The van der Waals surface area contributed by atoms with E-state index in [2.05, 4.69) is 10.6 Å². The first-order valence-corrected chi connectivity index (χ1v) is 6.53. The molecular formula is C12H9N3OS2. The van der Waals surface area contributed by atoms with Gasteiger partial charge in [0.25, 0.3) is 5.24 Å². The Kier molecular flexibility index (Phi) is 2.49. The average molecular weight is 275 g/mol. The Morgan fingerprint density at radius 1 is 1.28 bits per heavy atom. The summed E-state index contributed by atoms with van der Waals surface area (Å²) in [4.78, 5) is 12.5. The maximum Gasteiger partial charge on any atom is 0.289 e. The minimum atomic E-state index is -0.170. The van der Waals surface area contributed by atoms with E-state index in [1.165, 1.54) is 0 Å². The number of fused-ring (bicyclic) bond motifs is 1. The molecule has 1 fully saturated rings. The van der Waals surface area contributed by atoms with E-state index in [-0.39, 0.29) is 5.24 Å². The Bertz CT molecular complexity index is 649. The lowest BCUT2D eigenvalue weighted by Crippen LogP contribution is -2.18. The molecule has 2 heterocycles. The highest BCUT2D eigenvalue weighted by Gasteiger charge is 2.31. The van der Waals surface area contributed by atoms with Crippen LogP contribution in [-0.4, -0.2) is 16.1 Å². The maximum atomic E-state index is 11.3. The van der Waals surface area contributed by atoms with Crippen LogP contribution in [0, 0.1) is 12.3 Å². The molecule has 0 aromatic heterocycles. The van der Waals surface area contributed by atoms with Gasteiger partial charge in [0, 0.05) is 11.1 Å². The zero-order chi connectivity index (χ0) is 12.9. The smallest absolute Gasteiger partial charge is 0.289 e. The second kappa shape index (κ2) is 3.93. The number of rotatable bonds is 0. The number of thioether (sulfide) groups is 1. The Morgan fingerprint density at radius 2 is 2.06 bits per heavy atom. The van der Waals surface area contributed by atoms with Crippen molar-refractivity contribution in [3.05, 3.63) is 39.8 Å². The standard InChI is InChI=1S/C12H9N3OS2/c1-5-2-3-6-7(4-5)8(14-10(6)13)9-11(17)15-12(16)18-9/h2-4H,1H3,(H2,13,14)(H,15,16,17). The van der Waals surface area contributed by atoms with Crippen LogP contribution in [0.5, 0.6) is 0 Å². The molecule has 18 heavy (non-hydrogen) atoms. The molecule has 1 aromatic rings. The molecular weight excluding hydrogens is 266 g/mol. The van der Waals surface area contributed by atoms with Crippen molar-refractivity contribution >= 4 is 45.7 Å². The molecule has 0 unspecified atom stereocenters. The number of aryl methyl sites for hydroxylation is 1. The van der Waals surface area contributed by atoms with Gasteiger partial charge < -0.3 is 10.6 Å². The molecule has 6 heteroatoms. The fourth-order valence-electron chi connectivity index (χ4n) is 2.00. The van der Waals surface area contributed by atoms with Gasteiger partial charge in [0.05, 0.1) is 10.6 Å². The summed E-state index contributed by atoms with van der Waals surface area (Å²) in [5.74, 6) is 0.343. The van der Waals surface area contributed by atoms with Gasteiger partial charge in [-0.1, -0.05) is 29.9 Å². The van der Waals surface area contributed by atoms with E-state index in [9.17, 15) is 4.79 Å². The number of carbonyl (C=O) groups excluding carboxylic acids is 1. The fourth-order valence-corrected chi connectivity index (χ4v) is 3.13. The van der Waals surface area contributed by atoms with E-state index in [1.807, 2.05) is 25.1 Å². The Morgan fingerprint density at radius 3 is 2.72 bits per heavy atom. The van der Waals surface area contributed by atoms with E-state index in [0.29, 0.717) is 15.7 Å². The number of amidine groups is 1. The third kappa shape index (κ3) is 1.65. The van der Waals surface area contributed by atoms with Crippen molar-refractivity contribution in [3.8, 4) is 0 Å². The third-order valence-electron chi connectivity index (χ3n) is 2.81. The van der Waals surface area contributed by atoms with Crippen LogP contribution in [0.15, 0.2) is 23.1 Å². The van der Waals surface area contributed by atoms with Gasteiger partial charge in [-0.25, -0.2) is 0 Å². The van der Waals surface area contributed by atoms with Crippen molar-refractivity contribution in [3.63, 3.8) is 0 Å². The second-order valence-electron chi connectivity index (χ2n) is 4.10. The van der Waals surface area contributed by atoms with Crippen LogP contribution >= 0.6 is 24.0 Å². The summed E-state index contributed by atoms with van der Waals surface area (Å²) in [6, 6.07) is 5.87. The largest absolute Gasteiger partial charge is 0.339 e. The molecule has 2 aliphatic rings. The normalized spacial score (nSPS) is 21.9. The van der Waals surface area contributed by atoms with E-state index in [0.717, 1.165) is 34.1 Å². The quantitative estimate of drug-likeness (QED) is 0.502. The van der Waals surface area contributed by atoms with Gasteiger partial charge in [0.15, 0.2) is 0 Å². The van der Waals surface area contributed by atoms with Crippen molar-refractivity contribution in [2.24, 2.45) is 0 Å². The Balaban J connectivity index is 2.21. The van der Waals surface area contributed by atoms with Crippen LogP contribution in [0.1, 0.15) is 16.7 Å². The van der Waals surface area contributed by atoms with Crippen LogP contribution in [0.4, 0.5) is 4.79 Å². The second-order valence-corrected chi connectivity index (χ2v) is 5.49. The molecule has 3 N–H and O–H groups in total. The summed E-state index contributed by atoms with van der Waals surface area (Å²) < 4.78 is 0. The summed E-state index contributed by atoms with van der Waals surface area (Å²) in [5, 5.41) is 13.3. The van der Waals surface area contributed by atoms with Gasteiger partial charge in [-0.15, -0.1) is 0 Å². The molecule has 3 rings (SSSR count). The lowest BCUT2D eigenvalue weighted by Gasteiger charge is -2.04. The van der Waals surface area contributed by atoms with E-state index < -0.39 is 0 Å². The predicted molar refractivity (Wildman–Crippen MR) is 76.8 cm³/mol. The molecule has 1 aromatic carbocycles. The average Bonchev–Trinajstić information content (AvgIpc) is 2.79. The topological polar surface area (TPSA) is 65.0 Å². The van der Waals surface area contributed by atoms with Crippen molar-refractivity contribution in [2.45, 2.75) is 6.92 Å². The first kappa shape index (κ1) is 11.4. The van der Waals surface area contributed by atoms with E-state index in [4.69, 9.17) is 17.6 Å². The monoisotopic (exact) mass is 275 g/mol. The molecule has 0 saturated carbocycles. The number of hydrogen-bond acceptors (Lipinski definition) is 4. The van der Waals surface area contributed by atoms with Crippen LogP contribution in [0.25, 0.3) is 5.70 Å². The van der Waals surface area contributed by atoms with Crippen molar-refractivity contribution in [1.29, 1.82) is 5.41 Å². The molecule has 0 spiro atoms.